The van der Waals surface area contributed by atoms with Gasteiger partial charge in [-0.1, -0.05) is 48.0 Å². The second-order valence-corrected chi connectivity index (χ2v) is 10.9. The van der Waals surface area contributed by atoms with Crippen molar-refractivity contribution >= 4 is 50.9 Å². The minimum absolute atomic E-state index is 0.0181. The molecule has 1 amide bonds. The Morgan fingerprint density at radius 1 is 1.05 bits per heavy atom. The predicted octanol–water partition coefficient (Wildman–Crippen LogP) is 4.39. The number of hydrogen-bond acceptors (Lipinski definition) is 8. The normalized spacial score (nSPS) is 15.2. The fourth-order valence-corrected chi connectivity index (χ4v) is 6.35. The average Bonchev–Trinajstić information content (AvgIpc) is 2.92. The van der Waals surface area contributed by atoms with E-state index < -0.39 is 64.2 Å². The number of sulfonamides is 1. The summed E-state index contributed by atoms with van der Waals surface area (Å²) in [5, 5.41) is -1.79. The topological polar surface area (TPSA) is 124 Å². The Kier molecular flexibility index (Phi) is 10.4. The van der Waals surface area contributed by atoms with Crippen molar-refractivity contribution in [2.75, 3.05) is 17.5 Å². The maximum atomic E-state index is 13.8. The summed E-state index contributed by atoms with van der Waals surface area (Å²) in [7, 11) is -4.63. The van der Waals surface area contributed by atoms with E-state index in [4.69, 9.17) is 21.1 Å². The summed E-state index contributed by atoms with van der Waals surface area (Å²) in [6.45, 7) is 1.04. The molecule has 9 nitrogen and oxygen atoms in total. The Labute approximate surface area is 230 Å². The Morgan fingerprint density at radius 3 is 2.44 bits per heavy atom. The maximum Gasteiger partial charge on any atom is 0.335 e. The van der Waals surface area contributed by atoms with E-state index in [-0.39, 0.29) is 29.3 Å². The van der Waals surface area contributed by atoms with Crippen LogP contribution >= 0.6 is 11.6 Å². The zero-order valence-electron chi connectivity index (χ0n) is 21.1. The zero-order valence-corrected chi connectivity index (χ0v) is 22.7. The van der Waals surface area contributed by atoms with Gasteiger partial charge in [0.2, 0.25) is 15.9 Å². The van der Waals surface area contributed by atoms with Crippen molar-refractivity contribution in [2.24, 2.45) is 0 Å². The van der Waals surface area contributed by atoms with Crippen molar-refractivity contribution in [1.29, 1.82) is 0 Å². The third-order valence-electron chi connectivity index (χ3n) is 5.86. The maximum absolute atomic E-state index is 13.8. The summed E-state index contributed by atoms with van der Waals surface area (Å²) in [5.74, 6) is -3.99. The molecule has 0 aromatic heterocycles. The lowest BCUT2D eigenvalue weighted by Crippen LogP contribution is -2.45. The Bertz CT molecular complexity index is 1380. The number of nitrogens with zero attached hydrogens (tertiary/aromatic N) is 1. The lowest BCUT2D eigenvalue weighted by Gasteiger charge is -2.30. The number of esters is 2. The van der Waals surface area contributed by atoms with E-state index >= 15 is 0 Å². The summed E-state index contributed by atoms with van der Waals surface area (Å²) in [6, 6.07) is 10.9. The second-order valence-electron chi connectivity index (χ2n) is 8.55. The van der Waals surface area contributed by atoms with E-state index in [1.54, 1.807) is 37.3 Å². The second kappa shape index (κ2) is 13.5. The summed E-state index contributed by atoms with van der Waals surface area (Å²) in [5.41, 5.74) is -0.107. The number of rotatable bonds is 11. The van der Waals surface area contributed by atoms with Gasteiger partial charge in [-0.05, 0) is 44.4 Å². The first-order valence-electron chi connectivity index (χ1n) is 12.2. The van der Waals surface area contributed by atoms with Crippen LogP contribution in [-0.2, 0) is 33.9 Å². The number of carbonyl (C=O) groups excluding carboxylic acids is 4. The summed E-state index contributed by atoms with van der Waals surface area (Å²) >= 11 is 6.13. The molecule has 0 radical (unpaired) electrons. The summed E-state index contributed by atoms with van der Waals surface area (Å²) < 4.78 is 51.8. The molecule has 0 aliphatic heterocycles. The smallest absolute Gasteiger partial charge is 0.335 e. The first-order chi connectivity index (χ1) is 18.6. The van der Waals surface area contributed by atoms with Gasteiger partial charge in [-0.2, -0.15) is 0 Å². The number of benzene rings is 2. The molecule has 39 heavy (non-hydrogen) atoms. The lowest BCUT2D eigenvalue weighted by atomic mass is 9.99. The van der Waals surface area contributed by atoms with E-state index in [9.17, 15) is 32.0 Å². The van der Waals surface area contributed by atoms with Gasteiger partial charge in [-0.15, -0.1) is 0 Å². The molecule has 1 unspecified atom stereocenters. The highest BCUT2D eigenvalue weighted by Gasteiger charge is 2.42. The van der Waals surface area contributed by atoms with Crippen molar-refractivity contribution in [2.45, 2.75) is 44.3 Å². The van der Waals surface area contributed by atoms with Crippen LogP contribution in [0.1, 0.15) is 49.4 Å². The summed E-state index contributed by atoms with van der Waals surface area (Å²) in [4.78, 5) is 50.3. The summed E-state index contributed by atoms with van der Waals surface area (Å²) in [6.07, 6.45) is 1.18. The Balaban J connectivity index is 1.82. The van der Waals surface area contributed by atoms with Crippen LogP contribution < -0.4 is 4.31 Å². The third kappa shape index (κ3) is 7.51. The van der Waals surface area contributed by atoms with Gasteiger partial charge in [-0.3, -0.25) is 14.4 Å². The van der Waals surface area contributed by atoms with Crippen molar-refractivity contribution in [3.05, 3.63) is 76.6 Å². The molecule has 0 N–H and O–H groups in total. The molecule has 0 saturated carbocycles. The minimum atomic E-state index is -4.63. The molecule has 0 fully saturated rings. The molecular formula is C27H27ClFNO8S. The monoisotopic (exact) mass is 579 g/mol. The molecule has 208 valence electrons. The number of ketones is 1. The van der Waals surface area contributed by atoms with Crippen LogP contribution in [0.25, 0.3) is 0 Å². The van der Waals surface area contributed by atoms with Gasteiger partial charge < -0.3 is 9.47 Å². The Hall–Kier alpha value is -3.57. The number of ether oxygens (including phenoxy) is 2. The van der Waals surface area contributed by atoms with E-state index in [2.05, 4.69) is 0 Å². The third-order valence-corrected chi connectivity index (χ3v) is 8.29. The van der Waals surface area contributed by atoms with Crippen LogP contribution in [0.5, 0.6) is 0 Å². The number of carbonyl (C=O) groups is 4. The number of hydrogen-bond donors (Lipinski definition) is 0. The molecule has 1 atom stereocenters. The number of anilines is 1. The zero-order chi connectivity index (χ0) is 28.6. The highest BCUT2D eigenvalue weighted by atomic mass is 35.5. The van der Waals surface area contributed by atoms with Gasteiger partial charge in [0.15, 0.2) is 12.4 Å². The van der Waals surface area contributed by atoms with Crippen LogP contribution in [-0.4, -0.2) is 50.5 Å². The van der Waals surface area contributed by atoms with Crippen LogP contribution in [0.2, 0.25) is 5.02 Å². The van der Waals surface area contributed by atoms with Gasteiger partial charge in [0.05, 0.1) is 29.3 Å². The first-order valence-corrected chi connectivity index (χ1v) is 14.1. The highest BCUT2D eigenvalue weighted by Crippen LogP contribution is 2.35. The van der Waals surface area contributed by atoms with Crippen molar-refractivity contribution in [1.82, 2.24) is 0 Å². The number of amides is 1. The number of allylic oxidation sites excluding steroid dienone is 1. The fraction of sp³-hybridized carbons (Fsp3) is 0.333. The minimum Gasteiger partial charge on any atom is -0.463 e. The first kappa shape index (κ1) is 30.0. The fourth-order valence-electron chi connectivity index (χ4n) is 4.01. The molecular weight excluding hydrogens is 553 g/mol. The van der Waals surface area contributed by atoms with E-state index in [0.29, 0.717) is 22.7 Å². The van der Waals surface area contributed by atoms with Crippen LogP contribution in [0.3, 0.4) is 0 Å². The molecule has 0 saturated heterocycles. The standard InChI is InChI=1S/C27H27ClFNO8S/c1-2-37-27(34)20-10-6-7-11-24(20)39(35,36)30(22-13-12-19(29)16-21(22)28)25(32)14-15-26(33)38-17-23(31)18-8-4-3-5-9-18/h3-5,8-10,12-13,16,24H,2,6-7,11,14-15,17H2,1H3. The van der Waals surface area contributed by atoms with Crippen molar-refractivity contribution < 1.29 is 41.5 Å². The molecule has 0 spiro atoms. The lowest BCUT2D eigenvalue weighted by molar-refractivity contribution is -0.143. The molecule has 0 bridgehead atoms. The van der Waals surface area contributed by atoms with E-state index in [1.807, 2.05) is 0 Å². The quantitative estimate of drug-likeness (QED) is 0.283. The van der Waals surface area contributed by atoms with Crippen molar-refractivity contribution in [3.8, 4) is 0 Å². The van der Waals surface area contributed by atoms with Crippen LogP contribution in [0.15, 0.2) is 60.2 Å². The molecule has 1 aliphatic carbocycles. The molecule has 1 aliphatic rings. The molecule has 0 heterocycles. The van der Waals surface area contributed by atoms with Crippen LogP contribution in [0, 0.1) is 5.82 Å². The van der Waals surface area contributed by atoms with Gasteiger partial charge in [0.25, 0.3) is 0 Å². The average molecular weight is 580 g/mol. The molecule has 2 aromatic rings. The molecule has 2 aromatic carbocycles. The predicted molar refractivity (Wildman–Crippen MR) is 141 cm³/mol. The Morgan fingerprint density at radius 2 is 1.77 bits per heavy atom. The van der Waals surface area contributed by atoms with E-state index in [1.165, 1.54) is 6.08 Å². The van der Waals surface area contributed by atoms with Crippen LogP contribution in [0.4, 0.5) is 10.1 Å². The van der Waals surface area contributed by atoms with Crippen molar-refractivity contribution in [3.63, 3.8) is 0 Å². The highest BCUT2D eigenvalue weighted by molar-refractivity contribution is 7.94. The number of halogens is 2. The van der Waals surface area contributed by atoms with Gasteiger partial charge in [0, 0.05) is 12.0 Å². The number of Topliss-reactive ketones (excluding diaryl/α,β-unsaturated/α-hetero) is 1. The SMILES string of the molecule is CCOC(=O)C1=CCCCC1S(=O)(=O)N(C(=O)CCC(=O)OCC(=O)c1ccccc1)c1ccc(F)cc1Cl. The van der Waals surface area contributed by atoms with Gasteiger partial charge in [-0.25, -0.2) is 21.9 Å². The molecule has 3 rings (SSSR count). The van der Waals surface area contributed by atoms with Gasteiger partial charge in [0.1, 0.15) is 11.1 Å². The molecule has 12 heteroatoms. The largest absolute Gasteiger partial charge is 0.463 e. The van der Waals surface area contributed by atoms with E-state index in [0.717, 1.165) is 18.2 Å². The van der Waals surface area contributed by atoms with Gasteiger partial charge >= 0.3 is 11.9 Å².